The van der Waals surface area contributed by atoms with Crippen molar-refractivity contribution in [1.82, 2.24) is 5.32 Å². The molecule has 1 saturated heterocycles. The maximum Gasteiger partial charge on any atom is 0.270 e. The van der Waals surface area contributed by atoms with Gasteiger partial charge in [-0.2, -0.15) is 0 Å². The van der Waals surface area contributed by atoms with Crippen LogP contribution in [0.4, 0.5) is 5.69 Å². The fourth-order valence-corrected chi connectivity index (χ4v) is 4.54. The highest BCUT2D eigenvalue weighted by Crippen LogP contribution is 2.38. The third-order valence-electron chi connectivity index (χ3n) is 5.03. The summed E-state index contributed by atoms with van der Waals surface area (Å²) in [6.07, 6.45) is 1.47. The molecule has 178 valence electrons. The fraction of sp³-hybridized carbons (Fsp3) is 0.0800. The Hall–Kier alpha value is -2.91. The highest BCUT2D eigenvalue weighted by molar-refractivity contribution is 9.10. The topological polar surface area (TPSA) is 67.9 Å². The Morgan fingerprint density at radius 1 is 1.06 bits per heavy atom. The second-order valence-electron chi connectivity index (χ2n) is 7.39. The van der Waals surface area contributed by atoms with Crippen molar-refractivity contribution in [2.24, 2.45) is 0 Å². The maximum absolute atomic E-state index is 13.2. The SMILES string of the molecule is COc1cc(/C=C2\C(=O)NC(=S)N(c3cccc(Cl)c3)C2=O)cc(Br)c1OCc1ccc(Cl)cc1. The molecule has 1 N–H and O–H groups in total. The average Bonchev–Trinajstić information content (AvgIpc) is 2.82. The standard InChI is InChI=1S/C25H17BrCl2N2O4S/c1-33-21-11-15(10-20(26)22(21)34-13-14-5-7-16(27)8-6-14)9-19-23(31)29-25(35)30(24(19)32)18-4-2-3-17(28)12-18/h2-12H,13H2,1H3,(H,29,31,35)/b19-9+. The minimum Gasteiger partial charge on any atom is -0.493 e. The van der Waals surface area contributed by atoms with Crippen LogP contribution >= 0.6 is 51.3 Å². The number of methoxy groups -OCH3 is 1. The van der Waals surface area contributed by atoms with E-state index in [1.807, 2.05) is 12.1 Å². The van der Waals surface area contributed by atoms with Crippen molar-refractivity contribution in [2.75, 3.05) is 12.0 Å². The molecule has 10 heteroatoms. The lowest BCUT2D eigenvalue weighted by molar-refractivity contribution is -0.122. The number of hydrogen-bond acceptors (Lipinski definition) is 5. The normalized spacial score (nSPS) is 14.8. The van der Waals surface area contributed by atoms with Crippen LogP contribution in [0.2, 0.25) is 10.0 Å². The minimum absolute atomic E-state index is 0.0240. The first-order valence-electron chi connectivity index (χ1n) is 10.2. The summed E-state index contributed by atoms with van der Waals surface area (Å²) in [6.45, 7) is 0.291. The first-order chi connectivity index (χ1) is 16.8. The molecule has 4 rings (SSSR count). The van der Waals surface area contributed by atoms with Crippen molar-refractivity contribution in [3.8, 4) is 11.5 Å². The van der Waals surface area contributed by atoms with E-state index in [-0.39, 0.29) is 10.7 Å². The number of hydrogen-bond donors (Lipinski definition) is 1. The van der Waals surface area contributed by atoms with Crippen molar-refractivity contribution in [2.45, 2.75) is 6.61 Å². The van der Waals surface area contributed by atoms with Gasteiger partial charge in [0.2, 0.25) is 0 Å². The third kappa shape index (κ3) is 5.67. The molecule has 0 radical (unpaired) electrons. The predicted molar refractivity (Wildman–Crippen MR) is 144 cm³/mol. The van der Waals surface area contributed by atoms with E-state index in [4.69, 9.17) is 44.9 Å². The summed E-state index contributed by atoms with van der Waals surface area (Å²) < 4.78 is 12.0. The van der Waals surface area contributed by atoms with E-state index in [0.717, 1.165) is 5.56 Å². The van der Waals surface area contributed by atoms with Gasteiger partial charge in [-0.1, -0.05) is 41.4 Å². The van der Waals surface area contributed by atoms with E-state index in [1.165, 1.54) is 18.1 Å². The number of thiocarbonyl (C=S) groups is 1. The summed E-state index contributed by atoms with van der Waals surface area (Å²) >= 11 is 20.7. The van der Waals surface area contributed by atoms with E-state index in [2.05, 4.69) is 21.2 Å². The van der Waals surface area contributed by atoms with Gasteiger partial charge in [0.15, 0.2) is 16.6 Å². The number of carbonyl (C=O) groups is 2. The summed E-state index contributed by atoms with van der Waals surface area (Å²) in [5, 5.41) is 3.60. The highest BCUT2D eigenvalue weighted by Gasteiger charge is 2.34. The summed E-state index contributed by atoms with van der Waals surface area (Å²) in [7, 11) is 1.51. The van der Waals surface area contributed by atoms with Gasteiger partial charge in [0, 0.05) is 10.0 Å². The van der Waals surface area contributed by atoms with Crippen LogP contribution in [-0.2, 0) is 16.2 Å². The van der Waals surface area contributed by atoms with E-state index in [1.54, 1.807) is 48.5 Å². The number of halogens is 3. The lowest BCUT2D eigenvalue weighted by atomic mass is 10.1. The Balaban J connectivity index is 1.64. The highest BCUT2D eigenvalue weighted by atomic mass is 79.9. The van der Waals surface area contributed by atoms with Gasteiger partial charge in [0.05, 0.1) is 17.3 Å². The summed E-state index contributed by atoms with van der Waals surface area (Å²) in [5.74, 6) is -0.271. The van der Waals surface area contributed by atoms with E-state index in [9.17, 15) is 9.59 Å². The molecule has 0 saturated carbocycles. The van der Waals surface area contributed by atoms with Crippen molar-refractivity contribution in [3.05, 3.63) is 91.9 Å². The molecular formula is C25H17BrCl2N2O4S. The number of rotatable bonds is 6. The Morgan fingerprint density at radius 3 is 2.49 bits per heavy atom. The van der Waals surface area contributed by atoms with Crippen LogP contribution < -0.4 is 19.7 Å². The molecule has 6 nitrogen and oxygen atoms in total. The summed E-state index contributed by atoms with van der Waals surface area (Å²) in [5.41, 5.74) is 1.83. The van der Waals surface area contributed by atoms with Gasteiger partial charge in [-0.05, 0) is 87.8 Å². The molecule has 35 heavy (non-hydrogen) atoms. The molecule has 0 spiro atoms. The van der Waals surface area contributed by atoms with Crippen molar-refractivity contribution >= 4 is 80.0 Å². The number of ether oxygens (including phenoxy) is 2. The number of nitrogens with one attached hydrogen (secondary N) is 1. The molecular weight excluding hydrogens is 575 g/mol. The molecule has 0 aromatic heterocycles. The van der Waals surface area contributed by atoms with Crippen molar-refractivity contribution < 1.29 is 19.1 Å². The second-order valence-corrected chi connectivity index (χ2v) is 9.50. The van der Waals surface area contributed by atoms with Crippen molar-refractivity contribution in [3.63, 3.8) is 0 Å². The first kappa shape index (κ1) is 25.2. The molecule has 0 bridgehead atoms. The molecule has 1 fully saturated rings. The molecule has 3 aromatic rings. The fourth-order valence-electron chi connectivity index (χ4n) is 3.37. The van der Waals surface area contributed by atoms with Crippen LogP contribution in [0.1, 0.15) is 11.1 Å². The number of benzene rings is 3. The van der Waals surface area contributed by atoms with Gasteiger partial charge < -0.3 is 9.47 Å². The van der Waals surface area contributed by atoms with E-state index in [0.29, 0.717) is 43.9 Å². The Bertz CT molecular complexity index is 1360. The minimum atomic E-state index is -0.601. The molecule has 2 amide bonds. The van der Waals surface area contributed by atoms with Crippen LogP contribution in [0.5, 0.6) is 11.5 Å². The molecule has 1 aliphatic heterocycles. The predicted octanol–water partition coefficient (Wildman–Crippen LogP) is 6.17. The Morgan fingerprint density at radius 2 is 1.80 bits per heavy atom. The van der Waals surface area contributed by atoms with Gasteiger partial charge in [-0.25, -0.2) is 0 Å². The number of amides is 2. The molecule has 1 aliphatic rings. The smallest absolute Gasteiger partial charge is 0.270 e. The average molecular weight is 592 g/mol. The van der Waals surface area contributed by atoms with Gasteiger partial charge >= 0.3 is 0 Å². The van der Waals surface area contributed by atoms with Crippen LogP contribution in [0.25, 0.3) is 6.08 Å². The van der Waals surface area contributed by atoms with E-state index >= 15 is 0 Å². The monoisotopic (exact) mass is 590 g/mol. The van der Waals surface area contributed by atoms with Crippen LogP contribution in [0, 0.1) is 0 Å². The number of nitrogens with zero attached hydrogens (tertiary/aromatic N) is 1. The lowest BCUT2D eigenvalue weighted by Gasteiger charge is -2.29. The molecule has 0 aliphatic carbocycles. The van der Waals surface area contributed by atoms with Crippen LogP contribution in [0.3, 0.4) is 0 Å². The Labute approximate surface area is 225 Å². The second kappa shape index (κ2) is 10.8. The van der Waals surface area contributed by atoms with E-state index < -0.39 is 11.8 Å². The van der Waals surface area contributed by atoms with Gasteiger partial charge in [-0.3, -0.25) is 19.8 Å². The molecule has 0 atom stereocenters. The molecule has 1 heterocycles. The van der Waals surface area contributed by atoms with Gasteiger partial charge in [0.1, 0.15) is 12.2 Å². The third-order valence-corrected chi connectivity index (χ3v) is 6.39. The summed E-state index contributed by atoms with van der Waals surface area (Å²) in [6, 6.07) is 17.3. The van der Waals surface area contributed by atoms with Gasteiger partial charge in [-0.15, -0.1) is 0 Å². The Kier molecular flexibility index (Phi) is 7.76. The van der Waals surface area contributed by atoms with Crippen molar-refractivity contribution in [1.29, 1.82) is 0 Å². The largest absolute Gasteiger partial charge is 0.493 e. The number of carbonyl (C=O) groups excluding carboxylic acids is 2. The zero-order valence-electron chi connectivity index (χ0n) is 18.2. The van der Waals surface area contributed by atoms with Crippen LogP contribution in [-0.4, -0.2) is 24.0 Å². The first-order valence-corrected chi connectivity index (χ1v) is 12.1. The van der Waals surface area contributed by atoms with Crippen LogP contribution in [0.15, 0.2) is 70.7 Å². The molecule has 3 aromatic carbocycles. The van der Waals surface area contributed by atoms with Gasteiger partial charge in [0.25, 0.3) is 11.8 Å². The quantitative estimate of drug-likeness (QED) is 0.211. The maximum atomic E-state index is 13.2. The number of anilines is 1. The molecule has 0 unspecified atom stereocenters. The lowest BCUT2D eigenvalue weighted by Crippen LogP contribution is -2.54. The summed E-state index contributed by atoms with van der Waals surface area (Å²) in [4.78, 5) is 27.1. The zero-order chi connectivity index (χ0) is 25.1. The zero-order valence-corrected chi connectivity index (χ0v) is 22.1.